The van der Waals surface area contributed by atoms with E-state index in [2.05, 4.69) is 14.2 Å². The van der Waals surface area contributed by atoms with Gasteiger partial charge in [0.05, 0.1) is 18.2 Å². The maximum Gasteiger partial charge on any atom is 0.526 e. The number of ether oxygens (including phenoxy) is 3. The van der Waals surface area contributed by atoms with E-state index in [9.17, 15) is 19.2 Å². The van der Waals surface area contributed by atoms with E-state index < -0.39 is 24.2 Å². The topological polar surface area (TPSA) is 116 Å². The van der Waals surface area contributed by atoms with Gasteiger partial charge >= 0.3 is 24.2 Å². The summed E-state index contributed by atoms with van der Waals surface area (Å²) in [5, 5.41) is 8.12. The van der Waals surface area contributed by atoms with Crippen LogP contribution in [-0.2, 0) is 14.2 Å². The van der Waals surface area contributed by atoms with Crippen LogP contribution < -0.4 is 0 Å². The van der Waals surface area contributed by atoms with Gasteiger partial charge in [0.15, 0.2) is 0 Å². The van der Waals surface area contributed by atoms with Crippen molar-refractivity contribution in [3.63, 3.8) is 0 Å². The molecule has 100 valence electrons. The molecular formula is C11H8O8. The molecule has 1 rings (SSSR count). The van der Waals surface area contributed by atoms with Gasteiger partial charge in [-0.1, -0.05) is 6.07 Å². The number of esters is 2. The van der Waals surface area contributed by atoms with E-state index in [1.54, 1.807) is 0 Å². The van der Waals surface area contributed by atoms with Crippen molar-refractivity contribution in [2.45, 2.75) is 0 Å². The highest BCUT2D eigenvalue weighted by Gasteiger charge is 2.18. The Morgan fingerprint density at radius 1 is 1.00 bits per heavy atom. The molecule has 1 aromatic carbocycles. The lowest BCUT2D eigenvalue weighted by Gasteiger charge is -2.03. The predicted octanol–water partition coefficient (Wildman–Crippen LogP) is 1.44. The lowest BCUT2D eigenvalue weighted by molar-refractivity contribution is 0.0404. The standard InChI is InChI=1S/C11H8O8/c1-17-8(12)6-3-2-4-7(5-6)9(13)18-11(16)19-10(14)15/h2-5H,1H3,(H,14,15). The van der Waals surface area contributed by atoms with Gasteiger partial charge in [0.2, 0.25) is 0 Å². The highest BCUT2D eigenvalue weighted by Crippen LogP contribution is 2.08. The quantitative estimate of drug-likeness (QED) is 0.632. The molecule has 0 aliphatic rings. The zero-order valence-electron chi connectivity index (χ0n) is 9.61. The van der Waals surface area contributed by atoms with Crippen LogP contribution >= 0.6 is 0 Å². The lowest BCUT2D eigenvalue weighted by Crippen LogP contribution is -2.17. The first-order chi connectivity index (χ1) is 8.93. The third kappa shape index (κ3) is 4.11. The number of hydrogen-bond acceptors (Lipinski definition) is 7. The summed E-state index contributed by atoms with van der Waals surface area (Å²) in [6.07, 6.45) is -3.58. The minimum Gasteiger partial charge on any atom is -0.465 e. The Morgan fingerprint density at radius 3 is 2.11 bits per heavy atom. The van der Waals surface area contributed by atoms with Crippen molar-refractivity contribution >= 4 is 24.2 Å². The minimum absolute atomic E-state index is 0.0727. The molecule has 8 heteroatoms. The van der Waals surface area contributed by atoms with E-state index >= 15 is 0 Å². The molecule has 8 nitrogen and oxygen atoms in total. The van der Waals surface area contributed by atoms with Gasteiger partial charge in [-0.25, -0.2) is 19.2 Å². The summed E-state index contributed by atoms with van der Waals surface area (Å²) < 4.78 is 12.1. The molecule has 1 N–H and O–H groups in total. The van der Waals surface area contributed by atoms with Gasteiger partial charge in [-0.15, -0.1) is 0 Å². The van der Waals surface area contributed by atoms with E-state index in [1.807, 2.05) is 0 Å². The Balaban J connectivity index is 2.80. The second-order valence-corrected chi connectivity index (χ2v) is 3.08. The zero-order chi connectivity index (χ0) is 14.4. The summed E-state index contributed by atoms with van der Waals surface area (Å²) in [6.45, 7) is 0. The Kier molecular flexibility index (Phi) is 4.58. The van der Waals surface area contributed by atoms with Gasteiger partial charge in [-0.2, -0.15) is 0 Å². The van der Waals surface area contributed by atoms with Crippen molar-refractivity contribution in [1.29, 1.82) is 0 Å². The summed E-state index contributed by atoms with van der Waals surface area (Å²) >= 11 is 0. The van der Waals surface area contributed by atoms with E-state index in [-0.39, 0.29) is 11.1 Å². The molecule has 0 aliphatic carbocycles. The lowest BCUT2D eigenvalue weighted by atomic mass is 10.1. The number of carbonyl (C=O) groups is 4. The summed E-state index contributed by atoms with van der Waals surface area (Å²) in [6, 6.07) is 5.15. The number of methoxy groups -OCH3 is 1. The van der Waals surface area contributed by atoms with Crippen molar-refractivity contribution in [3.05, 3.63) is 35.4 Å². The summed E-state index contributed by atoms with van der Waals surface area (Å²) in [4.78, 5) is 43.4. The predicted molar refractivity (Wildman–Crippen MR) is 57.7 cm³/mol. The van der Waals surface area contributed by atoms with Gasteiger partial charge in [0.1, 0.15) is 0 Å². The second-order valence-electron chi connectivity index (χ2n) is 3.08. The molecule has 0 unspecified atom stereocenters. The highest BCUT2D eigenvalue weighted by atomic mass is 16.8. The summed E-state index contributed by atoms with van der Waals surface area (Å²) in [5.74, 6) is -1.83. The first-order valence-corrected chi connectivity index (χ1v) is 4.79. The van der Waals surface area contributed by atoms with Gasteiger partial charge in [0.25, 0.3) is 0 Å². The number of rotatable bonds is 2. The molecule has 0 bridgehead atoms. The fourth-order valence-electron chi connectivity index (χ4n) is 1.12. The van der Waals surface area contributed by atoms with Gasteiger partial charge < -0.3 is 19.3 Å². The number of benzene rings is 1. The Labute approximate surface area is 106 Å². The fourth-order valence-corrected chi connectivity index (χ4v) is 1.12. The first kappa shape index (κ1) is 14.2. The maximum atomic E-state index is 11.4. The van der Waals surface area contributed by atoms with E-state index in [0.29, 0.717) is 0 Å². The summed E-state index contributed by atoms with van der Waals surface area (Å²) in [7, 11) is 1.16. The largest absolute Gasteiger partial charge is 0.526 e. The van der Waals surface area contributed by atoms with Crippen LogP contribution in [0.2, 0.25) is 0 Å². The van der Waals surface area contributed by atoms with Crippen molar-refractivity contribution in [2.24, 2.45) is 0 Å². The highest BCUT2D eigenvalue weighted by molar-refractivity contribution is 5.99. The molecule has 0 radical (unpaired) electrons. The van der Waals surface area contributed by atoms with Crippen LogP contribution in [0.1, 0.15) is 20.7 Å². The zero-order valence-corrected chi connectivity index (χ0v) is 9.61. The smallest absolute Gasteiger partial charge is 0.465 e. The van der Waals surface area contributed by atoms with Crippen LogP contribution in [0.5, 0.6) is 0 Å². The Bertz CT molecular complexity index is 533. The van der Waals surface area contributed by atoms with Gasteiger partial charge in [-0.05, 0) is 18.2 Å². The fraction of sp³-hybridized carbons (Fsp3) is 0.0909. The molecule has 0 aliphatic heterocycles. The van der Waals surface area contributed by atoms with Crippen molar-refractivity contribution in [1.82, 2.24) is 0 Å². The third-order valence-corrected chi connectivity index (χ3v) is 1.87. The molecule has 19 heavy (non-hydrogen) atoms. The van der Waals surface area contributed by atoms with Gasteiger partial charge in [-0.3, -0.25) is 0 Å². The first-order valence-electron chi connectivity index (χ1n) is 4.79. The average Bonchev–Trinajstić information content (AvgIpc) is 2.36. The molecule has 0 spiro atoms. The molecule has 0 fully saturated rings. The maximum absolute atomic E-state index is 11.4. The van der Waals surface area contributed by atoms with Crippen LogP contribution in [-0.4, -0.2) is 36.5 Å². The number of hydrogen-bond donors (Lipinski definition) is 1. The monoisotopic (exact) mass is 268 g/mol. The molecule has 0 amide bonds. The molecule has 0 atom stereocenters. The molecule has 0 saturated carbocycles. The molecule has 0 saturated heterocycles. The minimum atomic E-state index is -1.90. The van der Waals surface area contributed by atoms with Crippen molar-refractivity contribution in [3.8, 4) is 0 Å². The molecule has 0 heterocycles. The molecular weight excluding hydrogens is 260 g/mol. The van der Waals surface area contributed by atoms with Crippen LogP contribution in [0.25, 0.3) is 0 Å². The van der Waals surface area contributed by atoms with Crippen molar-refractivity contribution < 1.29 is 38.5 Å². The number of carboxylic acid groups (broad SMARTS) is 1. The normalized spacial score (nSPS) is 9.32. The van der Waals surface area contributed by atoms with Crippen LogP contribution in [0, 0.1) is 0 Å². The van der Waals surface area contributed by atoms with E-state index in [4.69, 9.17) is 5.11 Å². The third-order valence-electron chi connectivity index (χ3n) is 1.87. The van der Waals surface area contributed by atoms with Crippen LogP contribution in [0.15, 0.2) is 24.3 Å². The van der Waals surface area contributed by atoms with Crippen LogP contribution in [0.4, 0.5) is 9.59 Å². The van der Waals surface area contributed by atoms with Gasteiger partial charge in [0, 0.05) is 0 Å². The SMILES string of the molecule is COC(=O)c1cccc(C(=O)OC(=O)OC(=O)O)c1. The number of carbonyl (C=O) groups excluding carboxylic acids is 3. The van der Waals surface area contributed by atoms with Crippen molar-refractivity contribution in [2.75, 3.05) is 7.11 Å². The Morgan fingerprint density at radius 2 is 1.58 bits per heavy atom. The van der Waals surface area contributed by atoms with E-state index in [0.717, 1.165) is 13.2 Å². The Hall–Kier alpha value is -2.90. The van der Waals surface area contributed by atoms with Crippen LogP contribution in [0.3, 0.4) is 0 Å². The molecule has 1 aromatic rings. The average molecular weight is 268 g/mol. The summed E-state index contributed by atoms with van der Waals surface area (Å²) in [5.41, 5.74) is -0.0613. The second kappa shape index (κ2) is 6.15. The van der Waals surface area contributed by atoms with E-state index in [1.165, 1.54) is 18.2 Å². The molecule has 0 aromatic heterocycles.